The fraction of sp³-hybridized carbons (Fsp3) is 0.0933. The van der Waals surface area contributed by atoms with E-state index in [-0.39, 0.29) is 0 Å². The van der Waals surface area contributed by atoms with Crippen molar-refractivity contribution in [2.45, 2.75) is 43.4 Å². The Morgan fingerprint density at radius 3 is 1.82 bits per heavy atom. The molecule has 2 heteroatoms. The number of benzene rings is 12. The Labute approximate surface area is 450 Å². The number of furan rings is 1. The monoisotopic (exact) mass is 985 g/mol. The molecule has 1 atom stereocenters. The summed E-state index contributed by atoms with van der Waals surface area (Å²) in [5.74, 6) is 0.670. The maximum atomic E-state index is 6.79. The summed E-state index contributed by atoms with van der Waals surface area (Å²) in [6, 6.07) is 99.1. The van der Waals surface area contributed by atoms with Gasteiger partial charge < -0.3 is 9.32 Å². The lowest BCUT2D eigenvalue weighted by atomic mass is 9.67. The SMILES string of the molecule is c1ccc(-c2ccc(-c3ccc4oc5cccc(N(c6ccccc6)c6ccc(C7(c8ccccc8)c8ccccc8-c8c(-c9ccc(C%10CCCCC%10)cc9)cccc87)cc6)c5c4c3)c3ccc4ccccc4c23)cc1. The largest absolute Gasteiger partial charge is 0.456 e. The van der Waals surface area contributed by atoms with Gasteiger partial charge in [-0.15, -0.1) is 0 Å². The van der Waals surface area contributed by atoms with E-state index >= 15 is 0 Å². The van der Waals surface area contributed by atoms with Crippen molar-refractivity contribution < 1.29 is 4.42 Å². The van der Waals surface area contributed by atoms with Crippen molar-refractivity contribution in [3.63, 3.8) is 0 Å². The number of hydrogen-bond acceptors (Lipinski definition) is 2. The van der Waals surface area contributed by atoms with Gasteiger partial charge in [0, 0.05) is 16.8 Å². The molecule has 15 rings (SSSR count). The number of nitrogens with zero attached hydrogens (tertiary/aromatic N) is 1. The Hall–Kier alpha value is -9.24. The first-order valence-corrected chi connectivity index (χ1v) is 27.5. The summed E-state index contributed by atoms with van der Waals surface area (Å²) >= 11 is 0. The number of para-hydroxylation sites is 1. The fourth-order valence-electron chi connectivity index (χ4n) is 13.7. The van der Waals surface area contributed by atoms with Crippen molar-refractivity contribution >= 4 is 60.5 Å². The summed E-state index contributed by atoms with van der Waals surface area (Å²) in [5, 5.41) is 7.13. The van der Waals surface area contributed by atoms with Crippen molar-refractivity contribution in [1.82, 2.24) is 0 Å². The minimum atomic E-state index is -0.561. The number of anilines is 3. The minimum absolute atomic E-state index is 0.561. The molecule has 0 amide bonds. The summed E-state index contributed by atoms with van der Waals surface area (Å²) in [5.41, 5.74) is 20.9. The van der Waals surface area contributed by atoms with Crippen LogP contribution in [0.5, 0.6) is 0 Å². The van der Waals surface area contributed by atoms with Crippen LogP contribution >= 0.6 is 0 Å². The molecule has 0 N–H and O–H groups in total. The molecule has 1 fully saturated rings. The fourth-order valence-corrected chi connectivity index (χ4v) is 13.7. The standard InChI is InChI=1S/C75H55NO/c1-5-19-50(20-6-1)51-35-37-54(38-36-51)62-30-17-32-68-73(62)65-29-15-16-31-67(65)75(68,56-24-9-3-10-25-56)57-41-43-59(44-42-57)76(58-26-11-4-12-27-58)69-33-18-34-71-74(69)66-49-55(40-48-70(66)77-71)60-46-47-63(52-21-7-2-8-22-52)72-61-28-14-13-23-53(61)39-45-64(60)72/h2-4,7-18,21-50H,1,5-6,19-20H2. The predicted molar refractivity (Wildman–Crippen MR) is 323 cm³/mol. The normalized spacial score (nSPS) is 15.3. The van der Waals surface area contributed by atoms with Crippen LogP contribution in [0.15, 0.2) is 271 Å². The van der Waals surface area contributed by atoms with Crippen LogP contribution in [0.2, 0.25) is 0 Å². The van der Waals surface area contributed by atoms with Gasteiger partial charge in [0.25, 0.3) is 0 Å². The molecule has 2 aliphatic rings. The van der Waals surface area contributed by atoms with Crippen LogP contribution in [-0.2, 0) is 5.41 Å². The van der Waals surface area contributed by atoms with Gasteiger partial charge in [0.1, 0.15) is 11.2 Å². The highest BCUT2D eigenvalue weighted by molar-refractivity contribution is 6.19. The van der Waals surface area contributed by atoms with Gasteiger partial charge in [0.2, 0.25) is 0 Å². The lowest BCUT2D eigenvalue weighted by Crippen LogP contribution is -2.28. The second kappa shape index (κ2) is 18.5. The smallest absolute Gasteiger partial charge is 0.137 e. The molecule has 0 spiro atoms. The maximum Gasteiger partial charge on any atom is 0.137 e. The van der Waals surface area contributed by atoms with E-state index in [9.17, 15) is 0 Å². The molecule has 0 saturated heterocycles. The molecule has 77 heavy (non-hydrogen) atoms. The Morgan fingerprint density at radius 2 is 1.00 bits per heavy atom. The lowest BCUT2D eigenvalue weighted by molar-refractivity contribution is 0.443. The second-order valence-corrected chi connectivity index (χ2v) is 21.3. The highest BCUT2D eigenvalue weighted by atomic mass is 16.3. The zero-order valence-corrected chi connectivity index (χ0v) is 42.9. The van der Waals surface area contributed by atoms with Crippen molar-refractivity contribution in [2.24, 2.45) is 0 Å². The zero-order chi connectivity index (χ0) is 50.9. The lowest BCUT2D eigenvalue weighted by Gasteiger charge is -2.34. The molecule has 1 aromatic heterocycles. The van der Waals surface area contributed by atoms with Crippen LogP contribution < -0.4 is 4.90 Å². The number of fused-ring (bicyclic) bond motifs is 9. The van der Waals surface area contributed by atoms with Gasteiger partial charge >= 0.3 is 0 Å². The Balaban J connectivity index is 0.883. The molecule has 2 aliphatic carbocycles. The van der Waals surface area contributed by atoms with Gasteiger partial charge in [0.15, 0.2) is 0 Å². The Morgan fingerprint density at radius 1 is 0.364 bits per heavy atom. The van der Waals surface area contributed by atoms with Crippen LogP contribution in [0, 0.1) is 0 Å². The molecule has 0 radical (unpaired) electrons. The molecular formula is C75H55NO. The summed E-state index contributed by atoms with van der Waals surface area (Å²) in [6.07, 6.45) is 6.64. The van der Waals surface area contributed by atoms with Crippen LogP contribution in [0.25, 0.3) is 88.0 Å². The molecule has 1 heterocycles. The predicted octanol–water partition coefficient (Wildman–Crippen LogP) is 20.8. The first-order chi connectivity index (χ1) is 38.2. The van der Waals surface area contributed by atoms with Gasteiger partial charge in [-0.3, -0.25) is 0 Å². The summed E-state index contributed by atoms with van der Waals surface area (Å²) in [6.45, 7) is 0. The highest BCUT2D eigenvalue weighted by Crippen LogP contribution is 2.59. The first kappa shape index (κ1) is 45.2. The Bertz CT molecular complexity index is 4340. The van der Waals surface area contributed by atoms with E-state index in [2.05, 4.69) is 272 Å². The van der Waals surface area contributed by atoms with E-state index in [4.69, 9.17) is 4.42 Å². The molecule has 366 valence electrons. The molecule has 1 saturated carbocycles. The van der Waals surface area contributed by atoms with E-state index in [1.807, 2.05) is 0 Å². The minimum Gasteiger partial charge on any atom is -0.456 e. The van der Waals surface area contributed by atoms with Crippen LogP contribution in [0.1, 0.15) is 65.8 Å². The van der Waals surface area contributed by atoms with Gasteiger partial charge in [-0.05, 0) is 161 Å². The summed E-state index contributed by atoms with van der Waals surface area (Å²) in [4.78, 5) is 2.41. The summed E-state index contributed by atoms with van der Waals surface area (Å²) < 4.78 is 6.79. The summed E-state index contributed by atoms with van der Waals surface area (Å²) in [7, 11) is 0. The van der Waals surface area contributed by atoms with E-state index in [0.717, 1.165) is 44.6 Å². The molecule has 0 bridgehead atoms. The Kier molecular flexibility index (Phi) is 10.9. The first-order valence-electron chi connectivity index (χ1n) is 27.5. The van der Waals surface area contributed by atoms with E-state index in [1.54, 1.807) is 0 Å². The third-order valence-electron chi connectivity index (χ3n) is 17.2. The third kappa shape index (κ3) is 7.31. The second-order valence-electron chi connectivity index (χ2n) is 21.3. The van der Waals surface area contributed by atoms with Crippen molar-refractivity contribution in [3.8, 4) is 44.5 Å². The third-order valence-corrected chi connectivity index (χ3v) is 17.2. The van der Waals surface area contributed by atoms with Crippen LogP contribution in [0.3, 0.4) is 0 Å². The van der Waals surface area contributed by atoms with Gasteiger partial charge in [-0.2, -0.15) is 0 Å². The molecular weight excluding hydrogens is 931 g/mol. The van der Waals surface area contributed by atoms with Crippen molar-refractivity contribution in [1.29, 1.82) is 0 Å². The van der Waals surface area contributed by atoms with Crippen LogP contribution in [-0.4, -0.2) is 0 Å². The van der Waals surface area contributed by atoms with Crippen molar-refractivity contribution in [2.75, 3.05) is 4.90 Å². The van der Waals surface area contributed by atoms with Gasteiger partial charge in [0.05, 0.1) is 16.5 Å². The van der Waals surface area contributed by atoms with Gasteiger partial charge in [-0.1, -0.05) is 238 Å². The van der Waals surface area contributed by atoms with E-state index in [0.29, 0.717) is 5.92 Å². The maximum absolute atomic E-state index is 6.79. The van der Waals surface area contributed by atoms with Gasteiger partial charge in [-0.25, -0.2) is 0 Å². The quantitative estimate of drug-likeness (QED) is 0.134. The average Bonchev–Trinajstić information content (AvgIpc) is 4.06. The molecule has 1 unspecified atom stereocenters. The van der Waals surface area contributed by atoms with E-state index < -0.39 is 5.41 Å². The molecule has 2 nitrogen and oxygen atoms in total. The molecule has 12 aromatic carbocycles. The topological polar surface area (TPSA) is 16.4 Å². The highest BCUT2D eigenvalue weighted by Gasteiger charge is 2.47. The molecule has 0 aliphatic heterocycles. The number of hydrogen-bond donors (Lipinski definition) is 0. The zero-order valence-electron chi connectivity index (χ0n) is 42.9. The van der Waals surface area contributed by atoms with Crippen LogP contribution in [0.4, 0.5) is 17.1 Å². The van der Waals surface area contributed by atoms with Crippen molar-refractivity contribution in [3.05, 3.63) is 295 Å². The molecule has 13 aromatic rings. The van der Waals surface area contributed by atoms with E-state index in [1.165, 1.54) is 120 Å². The number of rotatable bonds is 9. The average molecular weight is 986 g/mol.